The second kappa shape index (κ2) is 5.73. The number of rotatable bonds is 4. The molecule has 1 rings (SSSR count). The predicted molar refractivity (Wildman–Crippen MR) is 56.4 cm³/mol. The topological polar surface area (TPSA) is 66.4 Å². The zero-order chi connectivity index (χ0) is 11.3. The van der Waals surface area contributed by atoms with Crippen molar-refractivity contribution in [1.82, 2.24) is 5.32 Å². The maximum atomic E-state index is 11.6. The van der Waals surface area contributed by atoms with Gasteiger partial charge in [0.2, 0.25) is 5.91 Å². The van der Waals surface area contributed by atoms with E-state index in [0.717, 1.165) is 19.3 Å². The van der Waals surface area contributed by atoms with Crippen molar-refractivity contribution in [2.45, 2.75) is 39.0 Å². The molecule has 2 atom stereocenters. The molecule has 0 heterocycles. The van der Waals surface area contributed by atoms with E-state index >= 15 is 0 Å². The van der Waals surface area contributed by atoms with E-state index in [-0.39, 0.29) is 24.8 Å². The fraction of sp³-hybridized carbons (Fsp3) is 0.818. The average molecular weight is 213 g/mol. The van der Waals surface area contributed by atoms with Gasteiger partial charge in [-0.15, -0.1) is 0 Å². The molecule has 86 valence electrons. The van der Waals surface area contributed by atoms with Crippen molar-refractivity contribution >= 4 is 11.9 Å². The first kappa shape index (κ1) is 12.0. The number of carbonyl (C=O) groups is 2. The third-order valence-electron chi connectivity index (χ3n) is 2.95. The first-order valence-corrected chi connectivity index (χ1v) is 5.59. The molecule has 4 nitrogen and oxygen atoms in total. The van der Waals surface area contributed by atoms with Crippen LogP contribution in [0.25, 0.3) is 0 Å². The lowest BCUT2D eigenvalue weighted by Crippen LogP contribution is -2.34. The van der Waals surface area contributed by atoms with E-state index in [0.29, 0.717) is 5.92 Å². The molecular formula is C11H19NO3. The van der Waals surface area contributed by atoms with Gasteiger partial charge in [-0.3, -0.25) is 9.59 Å². The van der Waals surface area contributed by atoms with E-state index in [2.05, 4.69) is 12.2 Å². The first-order valence-electron chi connectivity index (χ1n) is 5.59. The monoisotopic (exact) mass is 213 g/mol. The Labute approximate surface area is 90.0 Å². The Balaban J connectivity index is 2.24. The summed E-state index contributed by atoms with van der Waals surface area (Å²) in [5.41, 5.74) is 0. The minimum atomic E-state index is -0.868. The molecular weight excluding hydrogens is 194 g/mol. The fourth-order valence-corrected chi connectivity index (χ4v) is 2.11. The van der Waals surface area contributed by atoms with Gasteiger partial charge in [-0.2, -0.15) is 0 Å². The summed E-state index contributed by atoms with van der Waals surface area (Å²) in [6, 6.07) is 0. The summed E-state index contributed by atoms with van der Waals surface area (Å²) in [6.45, 7) is 2.41. The van der Waals surface area contributed by atoms with E-state index < -0.39 is 5.97 Å². The number of carbonyl (C=O) groups excluding carboxylic acids is 1. The molecule has 1 fully saturated rings. The molecule has 0 spiro atoms. The van der Waals surface area contributed by atoms with Gasteiger partial charge in [-0.05, 0) is 18.8 Å². The van der Waals surface area contributed by atoms with Gasteiger partial charge < -0.3 is 10.4 Å². The van der Waals surface area contributed by atoms with Crippen LogP contribution in [0.15, 0.2) is 0 Å². The summed E-state index contributed by atoms with van der Waals surface area (Å²) in [5, 5.41) is 11.1. The number of aliphatic carboxylic acids is 1. The standard InChI is InChI=1S/C11H19NO3/c1-8-3-2-4-9(7-8)11(15)12-6-5-10(13)14/h8-9H,2-7H2,1H3,(H,12,15)(H,13,14). The van der Waals surface area contributed by atoms with Crippen molar-refractivity contribution in [3.8, 4) is 0 Å². The zero-order valence-electron chi connectivity index (χ0n) is 9.16. The van der Waals surface area contributed by atoms with Crippen LogP contribution < -0.4 is 5.32 Å². The number of carboxylic acid groups (broad SMARTS) is 1. The number of hydrogen-bond donors (Lipinski definition) is 2. The molecule has 1 amide bonds. The molecule has 1 aliphatic rings. The Kier molecular flexibility index (Phi) is 4.59. The minimum absolute atomic E-state index is 0.00795. The molecule has 0 aromatic carbocycles. The van der Waals surface area contributed by atoms with Crippen molar-refractivity contribution in [1.29, 1.82) is 0 Å². The van der Waals surface area contributed by atoms with E-state index in [1.54, 1.807) is 0 Å². The van der Waals surface area contributed by atoms with Crippen LogP contribution in [0.1, 0.15) is 39.0 Å². The number of nitrogens with one attached hydrogen (secondary N) is 1. The molecule has 0 aliphatic heterocycles. The van der Waals surface area contributed by atoms with Crippen LogP contribution >= 0.6 is 0 Å². The number of amides is 1. The number of hydrogen-bond acceptors (Lipinski definition) is 2. The quantitative estimate of drug-likeness (QED) is 0.742. The van der Waals surface area contributed by atoms with Crippen LogP contribution in [0.3, 0.4) is 0 Å². The van der Waals surface area contributed by atoms with Gasteiger partial charge in [0.05, 0.1) is 6.42 Å². The summed E-state index contributed by atoms with van der Waals surface area (Å²) in [7, 11) is 0. The van der Waals surface area contributed by atoms with Crippen LogP contribution in [0, 0.1) is 11.8 Å². The van der Waals surface area contributed by atoms with E-state index in [4.69, 9.17) is 5.11 Å². The molecule has 0 aromatic rings. The minimum Gasteiger partial charge on any atom is -0.481 e. The summed E-state index contributed by atoms with van der Waals surface area (Å²) >= 11 is 0. The van der Waals surface area contributed by atoms with Gasteiger partial charge in [0.25, 0.3) is 0 Å². The average Bonchev–Trinajstić information content (AvgIpc) is 2.17. The smallest absolute Gasteiger partial charge is 0.305 e. The highest BCUT2D eigenvalue weighted by molar-refractivity contribution is 5.79. The van der Waals surface area contributed by atoms with Crippen molar-refractivity contribution < 1.29 is 14.7 Å². The Hall–Kier alpha value is -1.06. The van der Waals surface area contributed by atoms with E-state index in [1.165, 1.54) is 6.42 Å². The highest BCUT2D eigenvalue weighted by Crippen LogP contribution is 2.28. The molecule has 0 aromatic heterocycles. The molecule has 0 bridgehead atoms. The van der Waals surface area contributed by atoms with Gasteiger partial charge in [-0.1, -0.05) is 19.8 Å². The summed E-state index contributed by atoms with van der Waals surface area (Å²) < 4.78 is 0. The molecule has 0 saturated heterocycles. The van der Waals surface area contributed by atoms with Gasteiger partial charge >= 0.3 is 5.97 Å². The van der Waals surface area contributed by atoms with Gasteiger partial charge in [0.15, 0.2) is 0 Å². The maximum absolute atomic E-state index is 11.6. The Morgan fingerprint density at radius 2 is 2.13 bits per heavy atom. The van der Waals surface area contributed by atoms with Crippen molar-refractivity contribution in [2.75, 3.05) is 6.54 Å². The normalized spacial score (nSPS) is 25.9. The van der Waals surface area contributed by atoms with Crippen LogP contribution in [0.2, 0.25) is 0 Å². The SMILES string of the molecule is CC1CCCC(C(=O)NCCC(=O)O)C1. The lowest BCUT2D eigenvalue weighted by molar-refractivity contribution is -0.137. The van der Waals surface area contributed by atoms with Crippen molar-refractivity contribution in [3.63, 3.8) is 0 Å². The molecule has 4 heteroatoms. The molecule has 1 aliphatic carbocycles. The van der Waals surface area contributed by atoms with Crippen LogP contribution in [0.5, 0.6) is 0 Å². The first-order chi connectivity index (χ1) is 7.09. The van der Waals surface area contributed by atoms with Crippen LogP contribution in [0.4, 0.5) is 0 Å². The van der Waals surface area contributed by atoms with E-state index in [1.807, 2.05) is 0 Å². The Bertz CT molecular complexity index is 240. The second-order valence-corrected chi connectivity index (χ2v) is 4.40. The fourth-order valence-electron chi connectivity index (χ4n) is 2.11. The van der Waals surface area contributed by atoms with Crippen molar-refractivity contribution in [3.05, 3.63) is 0 Å². The van der Waals surface area contributed by atoms with E-state index in [9.17, 15) is 9.59 Å². The number of carboxylic acids is 1. The molecule has 15 heavy (non-hydrogen) atoms. The van der Waals surface area contributed by atoms with Crippen molar-refractivity contribution in [2.24, 2.45) is 11.8 Å². The molecule has 0 radical (unpaired) electrons. The second-order valence-electron chi connectivity index (χ2n) is 4.40. The molecule has 2 unspecified atom stereocenters. The van der Waals surface area contributed by atoms with Gasteiger partial charge in [0.1, 0.15) is 0 Å². The lowest BCUT2D eigenvalue weighted by Gasteiger charge is -2.25. The highest BCUT2D eigenvalue weighted by Gasteiger charge is 2.24. The largest absolute Gasteiger partial charge is 0.481 e. The van der Waals surface area contributed by atoms with Crippen LogP contribution in [-0.2, 0) is 9.59 Å². The Morgan fingerprint density at radius 1 is 1.40 bits per heavy atom. The lowest BCUT2D eigenvalue weighted by atomic mass is 9.82. The van der Waals surface area contributed by atoms with Gasteiger partial charge in [-0.25, -0.2) is 0 Å². The third-order valence-corrected chi connectivity index (χ3v) is 2.95. The molecule has 2 N–H and O–H groups in total. The highest BCUT2D eigenvalue weighted by atomic mass is 16.4. The predicted octanol–water partition coefficient (Wildman–Crippen LogP) is 1.40. The summed E-state index contributed by atoms with van der Waals surface area (Å²) in [4.78, 5) is 21.9. The zero-order valence-corrected chi connectivity index (χ0v) is 9.16. The van der Waals surface area contributed by atoms with Gasteiger partial charge in [0, 0.05) is 12.5 Å². The molecule has 1 saturated carbocycles. The third kappa shape index (κ3) is 4.32. The van der Waals surface area contributed by atoms with Crippen LogP contribution in [-0.4, -0.2) is 23.5 Å². The summed E-state index contributed by atoms with van der Waals surface area (Å²) in [5.74, 6) is -0.119. The maximum Gasteiger partial charge on any atom is 0.305 e. The Morgan fingerprint density at radius 3 is 2.73 bits per heavy atom. The summed E-state index contributed by atoms with van der Waals surface area (Å²) in [6.07, 6.45) is 4.22.